The standard InChI is InChI=1S/C20H21N3O5S2/c1-27-15-6-5-7-16(28-2)18(15)19(24)22-20-21-14-9-8-13(12-17(14)29-20)30(25,26)23-10-3-4-11-23/h5-9,12H,3-4,10-11H2,1-2H3,(H,21,22,24). The second-order valence-corrected chi connectivity index (χ2v) is 9.72. The maximum atomic E-state index is 12.8. The van der Waals surface area contributed by atoms with E-state index in [1.54, 1.807) is 36.4 Å². The van der Waals surface area contributed by atoms with Gasteiger partial charge in [0.25, 0.3) is 5.91 Å². The van der Waals surface area contributed by atoms with Crippen LogP contribution in [0.2, 0.25) is 0 Å². The van der Waals surface area contributed by atoms with Crippen molar-refractivity contribution in [3.05, 3.63) is 42.0 Å². The normalized spacial score (nSPS) is 14.7. The van der Waals surface area contributed by atoms with Gasteiger partial charge in [0.15, 0.2) is 5.13 Å². The van der Waals surface area contributed by atoms with Crippen molar-refractivity contribution in [2.24, 2.45) is 0 Å². The first-order chi connectivity index (χ1) is 14.4. The molecule has 0 spiro atoms. The number of nitrogens with zero attached hydrogens (tertiary/aromatic N) is 2. The molecular weight excluding hydrogens is 426 g/mol. The SMILES string of the molecule is COc1cccc(OC)c1C(=O)Nc1nc2ccc(S(=O)(=O)N3CCCC3)cc2s1. The van der Waals surface area contributed by atoms with Crippen molar-refractivity contribution in [1.29, 1.82) is 0 Å². The van der Waals surface area contributed by atoms with Crippen LogP contribution in [0.25, 0.3) is 10.2 Å². The summed E-state index contributed by atoms with van der Waals surface area (Å²) >= 11 is 1.21. The Kier molecular flexibility index (Phi) is 5.63. The largest absolute Gasteiger partial charge is 0.496 e. The van der Waals surface area contributed by atoms with Crippen LogP contribution in [0.15, 0.2) is 41.3 Å². The van der Waals surface area contributed by atoms with Gasteiger partial charge >= 0.3 is 0 Å². The van der Waals surface area contributed by atoms with Crippen molar-refractivity contribution in [2.45, 2.75) is 17.7 Å². The summed E-state index contributed by atoms with van der Waals surface area (Å²) in [5.41, 5.74) is 0.877. The highest BCUT2D eigenvalue weighted by molar-refractivity contribution is 7.89. The van der Waals surface area contributed by atoms with E-state index in [9.17, 15) is 13.2 Å². The van der Waals surface area contributed by atoms with E-state index in [1.165, 1.54) is 29.9 Å². The summed E-state index contributed by atoms with van der Waals surface area (Å²) in [4.78, 5) is 17.5. The molecule has 0 radical (unpaired) electrons. The molecule has 1 N–H and O–H groups in total. The van der Waals surface area contributed by atoms with E-state index in [0.717, 1.165) is 12.8 Å². The molecule has 0 atom stereocenters. The number of benzene rings is 2. The van der Waals surface area contributed by atoms with Crippen LogP contribution in [0.5, 0.6) is 11.5 Å². The summed E-state index contributed by atoms with van der Waals surface area (Å²) < 4.78 is 38.3. The van der Waals surface area contributed by atoms with Gasteiger partial charge in [-0.25, -0.2) is 13.4 Å². The lowest BCUT2D eigenvalue weighted by Gasteiger charge is -2.15. The Hall–Kier alpha value is -2.69. The number of ether oxygens (including phenoxy) is 2. The molecule has 0 saturated carbocycles. The molecule has 158 valence electrons. The molecule has 30 heavy (non-hydrogen) atoms. The lowest BCUT2D eigenvalue weighted by molar-refractivity contribution is 0.102. The fraction of sp³-hybridized carbons (Fsp3) is 0.300. The molecule has 2 aromatic carbocycles. The molecule has 1 fully saturated rings. The number of hydrogen-bond acceptors (Lipinski definition) is 7. The number of carbonyl (C=O) groups excluding carboxylic acids is 1. The number of rotatable bonds is 6. The summed E-state index contributed by atoms with van der Waals surface area (Å²) in [5, 5.41) is 3.12. The Morgan fingerprint density at radius 2 is 1.77 bits per heavy atom. The summed E-state index contributed by atoms with van der Waals surface area (Å²) in [7, 11) is -0.558. The van der Waals surface area contributed by atoms with Crippen molar-refractivity contribution in [3.8, 4) is 11.5 Å². The first-order valence-electron chi connectivity index (χ1n) is 9.37. The van der Waals surface area contributed by atoms with Gasteiger partial charge in [-0.05, 0) is 43.2 Å². The number of carbonyl (C=O) groups is 1. The number of anilines is 1. The van der Waals surface area contributed by atoms with Crippen LogP contribution in [0.3, 0.4) is 0 Å². The number of thiazole rings is 1. The molecule has 0 unspecified atom stereocenters. The first-order valence-corrected chi connectivity index (χ1v) is 11.6. The molecule has 3 aromatic rings. The van der Waals surface area contributed by atoms with Crippen molar-refractivity contribution in [3.63, 3.8) is 0 Å². The zero-order chi connectivity index (χ0) is 21.3. The van der Waals surface area contributed by atoms with Gasteiger partial charge in [-0.3, -0.25) is 10.1 Å². The fourth-order valence-corrected chi connectivity index (χ4v) is 5.95. The second kappa shape index (κ2) is 8.21. The number of aromatic nitrogens is 1. The van der Waals surface area contributed by atoms with Crippen molar-refractivity contribution < 1.29 is 22.7 Å². The molecule has 8 nitrogen and oxygen atoms in total. The van der Waals surface area contributed by atoms with Gasteiger partial charge in [0.05, 0.1) is 29.3 Å². The molecule has 1 aliphatic heterocycles. The number of methoxy groups -OCH3 is 2. The predicted octanol–water partition coefficient (Wildman–Crippen LogP) is 3.35. The predicted molar refractivity (Wildman–Crippen MR) is 115 cm³/mol. The van der Waals surface area contributed by atoms with E-state index in [-0.39, 0.29) is 10.5 Å². The number of fused-ring (bicyclic) bond motifs is 1. The van der Waals surface area contributed by atoms with Crippen LogP contribution < -0.4 is 14.8 Å². The molecule has 4 rings (SSSR count). The molecular formula is C20H21N3O5S2. The Balaban J connectivity index is 1.63. The highest BCUT2D eigenvalue weighted by atomic mass is 32.2. The van der Waals surface area contributed by atoms with Crippen molar-refractivity contribution >= 4 is 42.6 Å². The van der Waals surface area contributed by atoms with Gasteiger partial charge in [0.1, 0.15) is 17.1 Å². The average molecular weight is 448 g/mol. The minimum absolute atomic E-state index is 0.241. The molecule has 1 saturated heterocycles. The number of amides is 1. The summed E-state index contributed by atoms with van der Waals surface area (Å²) in [6.07, 6.45) is 1.76. The lowest BCUT2D eigenvalue weighted by Crippen LogP contribution is -2.27. The van der Waals surface area contributed by atoms with Gasteiger partial charge in [-0.15, -0.1) is 0 Å². The van der Waals surface area contributed by atoms with E-state index in [2.05, 4.69) is 10.3 Å². The van der Waals surface area contributed by atoms with E-state index < -0.39 is 15.9 Å². The van der Waals surface area contributed by atoms with E-state index >= 15 is 0 Å². The molecule has 1 aromatic heterocycles. The fourth-order valence-electron chi connectivity index (χ4n) is 3.43. The quantitative estimate of drug-likeness (QED) is 0.622. The monoisotopic (exact) mass is 447 g/mol. The molecule has 0 bridgehead atoms. The first kappa shape index (κ1) is 20.6. The molecule has 1 amide bonds. The number of nitrogens with one attached hydrogen (secondary N) is 1. The summed E-state index contributed by atoms with van der Waals surface area (Å²) in [6.45, 7) is 1.09. The van der Waals surface area contributed by atoms with Crippen LogP contribution in [0.1, 0.15) is 23.2 Å². The van der Waals surface area contributed by atoms with Crippen molar-refractivity contribution in [1.82, 2.24) is 9.29 Å². The third-order valence-corrected chi connectivity index (χ3v) is 7.77. The minimum atomic E-state index is -3.51. The van der Waals surface area contributed by atoms with Crippen LogP contribution >= 0.6 is 11.3 Å². The smallest absolute Gasteiger partial charge is 0.265 e. The van der Waals surface area contributed by atoms with Gasteiger partial charge in [0, 0.05) is 13.1 Å². The van der Waals surface area contributed by atoms with E-state index in [4.69, 9.17) is 9.47 Å². The van der Waals surface area contributed by atoms with Gasteiger partial charge < -0.3 is 9.47 Å². The van der Waals surface area contributed by atoms with Crippen LogP contribution in [-0.2, 0) is 10.0 Å². The van der Waals surface area contributed by atoms with E-state index in [1.807, 2.05) is 0 Å². The lowest BCUT2D eigenvalue weighted by atomic mass is 10.1. The Morgan fingerprint density at radius 3 is 2.40 bits per heavy atom. The highest BCUT2D eigenvalue weighted by Crippen LogP contribution is 2.32. The van der Waals surface area contributed by atoms with Crippen LogP contribution in [0.4, 0.5) is 5.13 Å². The zero-order valence-electron chi connectivity index (χ0n) is 16.5. The second-order valence-electron chi connectivity index (χ2n) is 6.75. The van der Waals surface area contributed by atoms with Crippen LogP contribution in [-0.4, -0.2) is 50.9 Å². The number of sulfonamides is 1. The number of hydrogen-bond donors (Lipinski definition) is 1. The van der Waals surface area contributed by atoms with Gasteiger partial charge in [-0.1, -0.05) is 17.4 Å². The summed E-state index contributed by atoms with van der Waals surface area (Å²) in [5.74, 6) is 0.340. The Morgan fingerprint density at radius 1 is 1.10 bits per heavy atom. The highest BCUT2D eigenvalue weighted by Gasteiger charge is 2.27. The molecule has 2 heterocycles. The molecule has 0 aliphatic carbocycles. The Bertz CT molecular complexity index is 1180. The zero-order valence-corrected chi connectivity index (χ0v) is 18.2. The van der Waals surface area contributed by atoms with Crippen LogP contribution in [0, 0.1) is 0 Å². The Labute approximate surface area is 178 Å². The molecule has 10 heteroatoms. The summed E-state index contributed by atoms with van der Waals surface area (Å²) in [6, 6.07) is 9.91. The molecule has 1 aliphatic rings. The maximum absolute atomic E-state index is 12.8. The third-order valence-electron chi connectivity index (χ3n) is 4.94. The topological polar surface area (TPSA) is 97.8 Å². The van der Waals surface area contributed by atoms with Gasteiger partial charge in [0.2, 0.25) is 10.0 Å². The average Bonchev–Trinajstić information content (AvgIpc) is 3.42. The van der Waals surface area contributed by atoms with E-state index in [0.29, 0.717) is 39.9 Å². The van der Waals surface area contributed by atoms with Crippen molar-refractivity contribution in [2.75, 3.05) is 32.6 Å². The maximum Gasteiger partial charge on any atom is 0.265 e. The third kappa shape index (κ3) is 3.73. The van der Waals surface area contributed by atoms with Gasteiger partial charge in [-0.2, -0.15) is 4.31 Å². The minimum Gasteiger partial charge on any atom is -0.496 e.